The van der Waals surface area contributed by atoms with Gasteiger partial charge in [-0.05, 0) is 38.5 Å². The lowest BCUT2D eigenvalue weighted by molar-refractivity contribution is -0.887. The summed E-state index contributed by atoms with van der Waals surface area (Å²) in [6.45, 7) is 4.71. The van der Waals surface area contributed by atoms with Gasteiger partial charge in [-0.15, -0.1) is 0 Å². The monoisotopic (exact) mass is 711 g/mol. The second-order valence-electron chi connectivity index (χ2n) is 15.2. The van der Waals surface area contributed by atoms with Crippen LogP contribution in [0.15, 0.2) is 12.2 Å². The van der Waals surface area contributed by atoms with Crippen molar-refractivity contribution in [1.29, 1.82) is 0 Å². The summed E-state index contributed by atoms with van der Waals surface area (Å²) in [4.78, 5) is 36.8. The van der Waals surface area contributed by atoms with Crippen LogP contribution in [0.2, 0.25) is 0 Å². The highest BCUT2D eigenvalue weighted by molar-refractivity contribution is 5.72. The standard InChI is InChI=1S/C42H79NO7/c1-6-8-10-12-14-16-18-20-21-23-24-26-28-30-32-40(44)49-37-38(36-48-35-34-39(42(46)47)43(3,4)5)50-41(45)33-31-29-27-25-22-19-17-15-13-11-9-7-2/h15,17,38-39H,6-14,16,18-37H2,1-5H3/p+1/b17-15-. The molecular weight excluding hydrogens is 630 g/mol. The van der Waals surface area contributed by atoms with Gasteiger partial charge in [0.15, 0.2) is 12.1 Å². The fraction of sp³-hybridized carbons (Fsp3) is 0.881. The van der Waals surface area contributed by atoms with Gasteiger partial charge in [-0.25, -0.2) is 4.79 Å². The third-order valence-electron chi connectivity index (χ3n) is 9.41. The summed E-state index contributed by atoms with van der Waals surface area (Å²) >= 11 is 0. The summed E-state index contributed by atoms with van der Waals surface area (Å²) in [6.07, 6.45) is 33.9. The molecule has 2 unspecified atom stereocenters. The first kappa shape index (κ1) is 48.1. The van der Waals surface area contributed by atoms with Crippen molar-refractivity contribution in [3.8, 4) is 0 Å². The Morgan fingerprint density at radius 2 is 1.00 bits per heavy atom. The SMILES string of the molecule is CCCCC/C=C\CCCCCCCC(=O)OC(COCCC(C(=O)O)[N+](C)(C)C)COC(=O)CCCCCCCCCCCCCCCC. The van der Waals surface area contributed by atoms with Gasteiger partial charge in [-0.2, -0.15) is 0 Å². The highest BCUT2D eigenvalue weighted by Gasteiger charge is 2.31. The Balaban J connectivity index is 4.36. The summed E-state index contributed by atoms with van der Waals surface area (Å²) in [7, 11) is 5.52. The second kappa shape index (κ2) is 34.2. The zero-order valence-corrected chi connectivity index (χ0v) is 33.4. The highest BCUT2D eigenvalue weighted by Crippen LogP contribution is 2.15. The van der Waals surface area contributed by atoms with Crippen molar-refractivity contribution in [2.24, 2.45) is 0 Å². The smallest absolute Gasteiger partial charge is 0.362 e. The van der Waals surface area contributed by atoms with E-state index < -0.39 is 18.1 Å². The van der Waals surface area contributed by atoms with E-state index in [9.17, 15) is 19.5 Å². The van der Waals surface area contributed by atoms with Crippen molar-refractivity contribution in [2.75, 3.05) is 41.0 Å². The number of rotatable bonds is 37. The van der Waals surface area contributed by atoms with Gasteiger partial charge in [-0.3, -0.25) is 9.59 Å². The lowest BCUT2D eigenvalue weighted by atomic mass is 10.0. The summed E-state index contributed by atoms with van der Waals surface area (Å²) in [6, 6.07) is -0.610. The number of unbranched alkanes of at least 4 members (excludes halogenated alkanes) is 21. The predicted molar refractivity (Wildman–Crippen MR) is 206 cm³/mol. The van der Waals surface area contributed by atoms with Crippen LogP contribution in [0.3, 0.4) is 0 Å². The molecule has 8 nitrogen and oxygen atoms in total. The van der Waals surface area contributed by atoms with Crippen LogP contribution in [0, 0.1) is 0 Å². The Labute approximate surface area is 308 Å². The van der Waals surface area contributed by atoms with Gasteiger partial charge in [-0.1, -0.05) is 142 Å². The number of hydrogen-bond acceptors (Lipinski definition) is 6. The summed E-state index contributed by atoms with van der Waals surface area (Å²) in [5.41, 5.74) is 0. The van der Waals surface area contributed by atoms with Gasteiger partial charge in [0.25, 0.3) is 0 Å². The molecule has 0 radical (unpaired) electrons. The first-order valence-electron chi connectivity index (χ1n) is 20.7. The molecule has 0 spiro atoms. The van der Waals surface area contributed by atoms with E-state index in [0.29, 0.717) is 19.3 Å². The number of carbonyl (C=O) groups is 3. The van der Waals surface area contributed by atoms with Crippen molar-refractivity contribution >= 4 is 17.9 Å². The van der Waals surface area contributed by atoms with Crippen LogP contribution >= 0.6 is 0 Å². The Hall–Kier alpha value is -1.93. The Morgan fingerprint density at radius 1 is 0.580 bits per heavy atom. The first-order chi connectivity index (χ1) is 24.1. The van der Waals surface area contributed by atoms with Crippen LogP contribution in [-0.2, 0) is 28.6 Å². The number of allylic oxidation sites excluding steroid dienone is 2. The summed E-state index contributed by atoms with van der Waals surface area (Å²) < 4.78 is 17.2. The minimum atomic E-state index is -0.875. The molecule has 0 aromatic rings. The predicted octanol–water partition coefficient (Wildman–Crippen LogP) is 10.7. The zero-order valence-electron chi connectivity index (χ0n) is 33.4. The van der Waals surface area contributed by atoms with Gasteiger partial charge in [0, 0.05) is 19.3 Å². The first-order valence-corrected chi connectivity index (χ1v) is 20.7. The Bertz CT molecular complexity index is 838. The second-order valence-corrected chi connectivity index (χ2v) is 15.2. The van der Waals surface area contributed by atoms with Gasteiger partial charge in [0.05, 0.1) is 34.4 Å². The molecule has 0 amide bonds. The minimum absolute atomic E-state index is 0.0488. The molecule has 0 aliphatic heterocycles. The van der Waals surface area contributed by atoms with Crippen LogP contribution < -0.4 is 0 Å². The fourth-order valence-electron chi connectivity index (χ4n) is 6.14. The zero-order chi connectivity index (χ0) is 37.1. The van der Waals surface area contributed by atoms with E-state index in [2.05, 4.69) is 26.0 Å². The molecule has 0 bridgehead atoms. The van der Waals surface area contributed by atoms with Crippen molar-refractivity contribution in [3.63, 3.8) is 0 Å². The molecule has 50 heavy (non-hydrogen) atoms. The molecule has 0 aromatic heterocycles. The highest BCUT2D eigenvalue weighted by atomic mass is 16.6. The molecule has 8 heteroatoms. The van der Waals surface area contributed by atoms with Gasteiger partial charge in [0.2, 0.25) is 0 Å². The summed E-state index contributed by atoms with van der Waals surface area (Å²) in [5, 5.41) is 9.59. The van der Waals surface area contributed by atoms with E-state index in [4.69, 9.17) is 14.2 Å². The fourth-order valence-corrected chi connectivity index (χ4v) is 6.14. The maximum atomic E-state index is 12.7. The number of nitrogens with zero attached hydrogens (tertiary/aromatic N) is 1. The molecule has 0 aliphatic rings. The molecule has 0 saturated heterocycles. The Kier molecular flexibility index (Phi) is 32.9. The maximum absolute atomic E-state index is 12.7. The quantitative estimate of drug-likeness (QED) is 0.0296. The number of aliphatic carboxylic acids is 1. The van der Waals surface area contributed by atoms with E-state index in [1.807, 2.05) is 21.1 Å². The number of carbonyl (C=O) groups excluding carboxylic acids is 2. The molecule has 294 valence electrons. The molecule has 0 aromatic carbocycles. The number of carboxylic acids is 1. The lowest BCUT2D eigenvalue weighted by Gasteiger charge is -2.31. The molecular formula is C42H80NO7+. The van der Waals surface area contributed by atoms with E-state index in [1.54, 1.807) is 0 Å². The van der Waals surface area contributed by atoms with Gasteiger partial charge >= 0.3 is 17.9 Å². The molecule has 0 aliphatic carbocycles. The average Bonchev–Trinajstić information content (AvgIpc) is 3.06. The van der Waals surface area contributed by atoms with Crippen molar-refractivity contribution in [2.45, 2.75) is 199 Å². The normalized spacial score (nSPS) is 13.1. The number of hydrogen-bond donors (Lipinski definition) is 1. The molecule has 0 heterocycles. The van der Waals surface area contributed by atoms with Crippen LogP contribution in [0.5, 0.6) is 0 Å². The van der Waals surface area contributed by atoms with E-state index in [-0.39, 0.29) is 36.2 Å². The third-order valence-corrected chi connectivity index (χ3v) is 9.41. The molecule has 2 atom stereocenters. The van der Waals surface area contributed by atoms with Crippen LogP contribution in [0.25, 0.3) is 0 Å². The van der Waals surface area contributed by atoms with E-state index >= 15 is 0 Å². The van der Waals surface area contributed by atoms with Crippen molar-refractivity contribution in [1.82, 2.24) is 0 Å². The van der Waals surface area contributed by atoms with E-state index in [1.165, 1.54) is 103 Å². The van der Waals surface area contributed by atoms with Crippen LogP contribution in [-0.4, -0.2) is 80.6 Å². The largest absolute Gasteiger partial charge is 0.477 e. The third kappa shape index (κ3) is 32.0. The van der Waals surface area contributed by atoms with Gasteiger partial charge in [0.1, 0.15) is 6.61 Å². The maximum Gasteiger partial charge on any atom is 0.362 e. The van der Waals surface area contributed by atoms with E-state index in [0.717, 1.165) is 51.4 Å². The van der Waals surface area contributed by atoms with Crippen molar-refractivity contribution < 1.29 is 38.2 Å². The molecule has 1 N–H and O–H groups in total. The number of ether oxygens (including phenoxy) is 3. The summed E-state index contributed by atoms with van der Waals surface area (Å²) in [5.74, 6) is -1.47. The van der Waals surface area contributed by atoms with Crippen molar-refractivity contribution in [3.05, 3.63) is 12.2 Å². The minimum Gasteiger partial charge on any atom is -0.477 e. The average molecular weight is 711 g/mol. The number of quaternary nitrogens is 1. The number of esters is 2. The number of carboxylic acid groups (broad SMARTS) is 1. The molecule has 0 saturated carbocycles. The van der Waals surface area contributed by atoms with Gasteiger partial charge < -0.3 is 23.8 Å². The lowest BCUT2D eigenvalue weighted by Crippen LogP contribution is -2.50. The van der Waals surface area contributed by atoms with Crippen LogP contribution in [0.1, 0.15) is 187 Å². The van der Waals surface area contributed by atoms with Crippen LogP contribution in [0.4, 0.5) is 0 Å². The topological polar surface area (TPSA) is 99.1 Å². The molecule has 0 rings (SSSR count). The number of likely N-dealkylation sites (N-methyl/N-ethyl adjacent to an activating group) is 1. The Morgan fingerprint density at radius 3 is 1.48 bits per heavy atom. The molecule has 0 fully saturated rings.